The van der Waals surface area contributed by atoms with E-state index >= 15 is 0 Å². The molecule has 1 aliphatic rings. The third kappa shape index (κ3) is 4.11. The average Bonchev–Trinajstić information content (AvgIpc) is 3.22. The Morgan fingerprint density at radius 2 is 2.10 bits per heavy atom. The van der Waals surface area contributed by atoms with Crippen molar-refractivity contribution in [2.75, 3.05) is 30.8 Å². The Hall–Kier alpha value is -2.24. The number of likely N-dealkylation sites (N-methyl/N-ethyl adjacent to an activating group) is 1. The fourth-order valence-electron chi connectivity index (χ4n) is 2.11. The Morgan fingerprint density at radius 1 is 1.38 bits per heavy atom. The van der Waals surface area contributed by atoms with Gasteiger partial charge >= 0.3 is 0 Å². The summed E-state index contributed by atoms with van der Waals surface area (Å²) in [6.07, 6.45) is 2.11. The van der Waals surface area contributed by atoms with E-state index in [0.29, 0.717) is 29.5 Å². The molecule has 2 amide bonds. The summed E-state index contributed by atoms with van der Waals surface area (Å²) in [5.41, 5.74) is 7.54. The molecular weight excluding hydrogens is 268 g/mol. The Morgan fingerprint density at radius 3 is 2.71 bits per heavy atom. The number of hydrogen-bond donors (Lipinski definition) is 3. The molecule has 0 aromatic heterocycles. The zero-order chi connectivity index (χ0) is 15.4. The summed E-state index contributed by atoms with van der Waals surface area (Å²) in [5.74, 6) is -0.203. The third-order valence-electron chi connectivity index (χ3n) is 3.34. The molecule has 0 spiro atoms. The van der Waals surface area contributed by atoms with Crippen molar-refractivity contribution in [2.45, 2.75) is 25.8 Å². The predicted octanol–water partition coefficient (Wildman–Crippen LogP) is 0.733. The van der Waals surface area contributed by atoms with Crippen molar-refractivity contribution in [1.82, 2.24) is 10.6 Å². The van der Waals surface area contributed by atoms with Gasteiger partial charge in [-0.15, -0.1) is 0 Å². The maximum absolute atomic E-state index is 12.1. The lowest BCUT2D eigenvalue weighted by atomic mass is 10.1. The molecule has 0 saturated heterocycles. The predicted molar refractivity (Wildman–Crippen MR) is 83.3 cm³/mol. The van der Waals surface area contributed by atoms with E-state index in [9.17, 15) is 9.59 Å². The van der Waals surface area contributed by atoms with Gasteiger partial charge < -0.3 is 21.3 Å². The van der Waals surface area contributed by atoms with E-state index in [1.165, 1.54) is 0 Å². The highest BCUT2D eigenvalue weighted by molar-refractivity contribution is 6.01. The van der Waals surface area contributed by atoms with Crippen molar-refractivity contribution in [1.29, 1.82) is 0 Å². The van der Waals surface area contributed by atoms with Gasteiger partial charge in [0.15, 0.2) is 0 Å². The number of benzene rings is 1. The summed E-state index contributed by atoms with van der Waals surface area (Å²) in [5, 5.41) is 5.70. The second-order valence-electron chi connectivity index (χ2n) is 5.33. The molecule has 0 bridgehead atoms. The normalized spacial score (nSPS) is 13.6. The molecule has 6 nitrogen and oxygen atoms in total. The van der Waals surface area contributed by atoms with Gasteiger partial charge in [-0.3, -0.25) is 9.59 Å². The van der Waals surface area contributed by atoms with Gasteiger partial charge in [0.25, 0.3) is 5.91 Å². The second kappa shape index (κ2) is 6.47. The summed E-state index contributed by atoms with van der Waals surface area (Å²) in [7, 11) is 1.78. The number of carbonyl (C=O) groups excluding carboxylic acids is 2. The fourth-order valence-corrected chi connectivity index (χ4v) is 2.11. The van der Waals surface area contributed by atoms with Crippen LogP contribution in [0.4, 0.5) is 11.4 Å². The van der Waals surface area contributed by atoms with Gasteiger partial charge in [-0.05, 0) is 38.0 Å². The van der Waals surface area contributed by atoms with Crippen LogP contribution in [0.25, 0.3) is 0 Å². The van der Waals surface area contributed by atoms with E-state index in [1.54, 1.807) is 30.1 Å². The highest BCUT2D eigenvalue weighted by atomic mass is 16.2. The molecule has 0 radical (unpaired) electrons. The minimum atomic E-state index is -0.165. The number of hydrogen-bond acceptors (Lipinski definition) is 4. The molecule has 0 unspecified atom stereocenters. The highest BCUT2D eigenvalue weighted by Gasteiger charge is 2.24. The first kappa shape index (κ1) is 15.2. The highest BCUT2D eigenvalue weighted by Crippen LogP contribution is 2.23. The lowest BCUT2D eigenvalue weighted by molar-refractivity contribution is -0.119. The molecule has 1 saturated carbocycles. The largest absolute Gasteiger partial charge is 0.399 e. The van der Waals surface area contributed by atoms with Crippen LogP contribution < -0.4 is 21.3 Å². The number of amides is 2. The van der Waals surface area contributed by atoms with Crippen LogP contribution in [0.2, 0.25) is 0 Å². The van der Waals surface area contributed by atoms with Crippen molar-refractivity contribution in [2.24, 2.45) is 0 Å². The summed E-state index contributed by atoms with van der Waals surface area (Å²) in [4.78, 5) is 25.7. The van der Waals surface area contributed by atoms with Crippen LogP contribution >= 0.6 is 0 Å². The van der Waals surface area contributed by atoms with Crippen LogP contribution in [0.5, 0.6) is 0 Å². The number of anilines is 2. The SMILES string of the molecule is CCNC(=O)c1ccc(N)cc1N(C)CC(=O)NC1CC1. The number of nitrogen functional groups attached to an aromatic ring is 1. The number of rotatable bonds is 6. The lowest BCUT2D eigenvalue weighted by Gasteiger charge is -2.22. The molecule has 1 aromatic rings. The number of nitrogens with one attached hydrogen (secondary N) is 2. The molecular formula is C15H22N4O2. The Bertz CT molecular complexity index is 540. The smallest absolute Gasteiger partial charge is 0.253 e. The first-order chi connectivity index (χ1) is 10.0. The number of nitrogens with two attached hydrogens (primary N) is 1. The molecule has 1 fully saturated rings. The van der Waals surface area contributed by atoms with Gasteiger partial charge in [-0.2, -0.15) is 0 Å². The van der Waals surface area contributed by atoms with Crippen molar-refractivity contribution < 1.29 is 9.59 Å². The van der Waals surface area contributed by atoms with Crippen LogP contribution in [-0.2, 0) is 4.79 Å². The molecule has 114 valence electrons. The van der Waals surface area contributed by atoms with Gasteiger partial charge in [0.1, 0.15) is 0 Å². The molecule has 1 aliphatic carbocycles. The molecule has 0 heterocycles. The van der Waals surface area contributed by atoms with Crippen LogP contribution in [0.3, 0.4) is 0 Å². The van der Waals surface area contributed by atoms with Gasteiger partial charge in [0.05, 0.1) is 17.8 Å². The zero-order valence-corrected chi connectivity index (χ0v) is 12.5. The molecule has 2 rings (SSSR count). The molecule has 0 aliphatic heterocycles. The molecule has 21 heavy (non-hydrogen) atoms. The molecule has 0 atom stereocenters. The third-order valence-corrected chi connectivity index (χ3v) is 3.34. The van der Waals surface area contributed by atoms with Crippen LogP contribution in [0.1, 0.15) is 30.1 Å². The van der Waals surface area contributed by atoms with Crippen molar-refractivity contribution in [3.8, 4) is 0 Å². The summed E-state index contributed by atoms with van der Waals surface area (Å²) in [6, 6.07) is 5.42. The van der Waals surface area contributed by atoms with E-state index in [-0.39, 0.29) is 18.4 Å². The van der Waals surface area contributed by atoms with E-state index in [4.69, 9.17) is 5.73 Å². The van der Waals surface area contributed by atoms with Crippen LogP contribution in [0, 0.1) is 0 Å². The van der Waals surface area contributed by atoms with Gasteiger partial charge in [-0.25, -0.2) is 0 Å². The van der Waals surface area contributed by atoms with Crippen molar-refractivity contribution in [3.63, 3.8) is 0 Å². The first-order valence-corrected chi connectivity index (χ1v) is 7.19. The maximum atomic E-state index is 12.1. The second-order valence-corrected chi connectivity index (χ2v) is 5.33. The van der Waals surface area contributed by atoms with Crippen LogP contribution in [0.15, 0.2) is 18.2 Å². The van der Waals surface area contributed by atoms with Gasteiger partial charge in [0, 0.05) is 25.3 Å². The Balaban J connectivity index is 2.13. The minimum absolute atomic E-state index is 0.0377. The molecule has 6 heteroatoms. The monoisotopic (exact) mass is 290 g/mol. The number of nitrogens with zero attached hydrogens (tertiary/aromatic N) is 1. The Labute approximate surface area is 124 Å². The van der Waals surface area contributed by atoms with E-state index in [2.05, 4.69) is 10.6 Å². The molecule has 1 aromatic carbocycles. The summed E-state index contributed by atoms with van der Waals surface area (Å²) < 4.78 is 0. The quantitative estimate of drug-likeness (QED) is 0.674. The van der Waals surface area contributed by atoms with E-state index < -0.39 is 0 Å². The van der Waals surface area contributed by atoms with Gasteiger partial charge in [-0.1, -0.05) is 0 Å². The Kier molecular flexibility index (Phi) is 4.67. The number of carbonyl (C=O) groups is 2. The standard InChI is InChI=1S/C15H22N4O2/c1-3-17-15(21)12-7-4-10(16)8-13(12)19(2)9-14(20)18-11-5-6-11/h4,7-8,11H,3,5-6,9,16H2,1-2H3,(H,17,21)(H,18,20). The fraction of sp³-hybridized carbons (Fsp3) is 0.467. The lowest BCUT2D eigenvalue weighted by Crippen LogP contribution is -2.37. The summed E-state index contributed by atoms with van der Waals surface area (Å²) in [6.45, 7) is 2.61. The minimum Gasteiger partial charge on any atom is -0.399 e. The molecule has 4 N–H and O–H groups in total. The average molecular weight is 290 g/mol. The van der Waals surface area contributed by atoms with E-state index in [1.807, 2.05) is 6.92 Å². The van der Waals surface area contributed by atoms with Crippen molar-refractivity contribution in [3.05, 3.63) is 23.8 Å². The van der Waals surface area contributed by atoms with E-state index in [0.717, 1.165) is 12.8 Å². The topological polar surface area (TPSA) is 87.5 Å². The van der Waals surface area contributed by atoms with Crippen molar-refractivity contribution >= 4 is 23.2 Å². The van der Waals surface area contributed by atoms with Crippen LogP contribution in [-0.4, -0.2) is 38.0 Å². The van der Waals surface area contributed by atoms with Gasteiger partial charge in [0.2, 0.25) is 5.91 Å². The first-order valence-electron chi connectivity index (χ1n) is 7.19. The maximum Gasteiger partial charge on any atom is 0.253 e. The summed E-state index contributed by atoms with van der Waals surface area (Å²) >= 11 is 0. The zero-order valence-electron chi connectivity index (χ0n) is 12.5.